The summed E-state index contributed by atoms with van der Waals surface area (Å²) in [4.78, 5) is 12.7. The Hall–Kier alpha value is -3.23. The summed E-state index contributed by atoms with van der Waals surface area (Å²) in [6.45, 7) is 3.66. The van der Waals surface area contributed by atoms with Crippen molar-refractivity contribution in [3.05, 3.63) is 36.4 Å². The number of imidazole rings is 1. The highest BCUT2D eigenvalue weighted by atomic mass is 15.6. The molecule has 0 amide bonds. The summed E-state index contributed by atoms with van der Waals surface area (Å²) < 4.78 is 1.47. The molecule has 0 aliphatic carbocycles. The third kappa shape index (κ3) is 2.53. The van der Waals surface area contributed by atoms with Crippen molar-refractivity contribution in [1.82, 2.24) is 35.2 Å². The fraction of sp³-hybridized carbons (Fsp3) is 0.312. The Balaban J connectivity index is 1.37. The molecule has 0 bridgehead atoms. The number of hydrogen-bond donors (Lipinski definition) is 1. The maximum atomic E-state index is 4.72. The van der Waals surface area contributed by atoms with Gasteiger partial charge in [-0.2, -0.15) is 0 Å². The topological polar surface area (TPSA) is 91.1 Å². The molecule has 0 radical (unpaired) electrons. The summed E-state index contributed by atoms with van der Waals surface area (Å²) in [5.41, 5.74) is 2.73. The molecule has 1 aliphatic heterocycles. The van der Waals surface area contributed by atoms with Crippen LogP contribution in [0.1, 0.15) is 6.42 Å². The Morgan fingerprint density at radius 2 is 1.80 bits per heavy atom. The van der Waals surface area contributed by atoms with E-state index in [9.17, 15) is 0 Å². The molecule has 4 heterocycles. The van der Waals surface area contributed by atoms with Crippen molar-refractivity contribution in [3.8, 4) is 0 Å². The molecule has 5 rings (SSSR count). The molecule has 3 aromatic heterocycles. The van der Waals surface area contributed by atoms with Crippen molar-refractivity contribution < 1.29 is 0 Å². The van der Waals surface area contributed by atoms with E-state index in [1.54, 1.807) is 0 Å². The van der Waals surface area contributed by atoms with Crippen LogP contribution in [0, 0.1) is 0 Å². The number of nitrogens with one attached hydrogen (secondary N) is 1. The molecule has 25 heavy (non-hydrogen) atoms. The summed E-state index contributed by atoms with van der Waals surface area (Å²) in [5.74, 6) is 1.83. The van der Waals surface area contributed by atoms with Crippen molar-refractivity contribution in [2.75, 3.05) is 36.0 Å². The van der Waals surface area contributed by atoms with Crippen LogP contribution in [0.4, 0.5) is 11.8 Å². The number of tetrazole rings is 1. The minimum Gasteiger partial charge on any atom is -0.353 e. The van der Waals surface area contributed by atoms with Gasteiger partial charge in [-0.05, 0) is 41.1 Å². The van der Waals surface area contributed by atoms with Gasteiger partial charge in [0.1, 0.15) is 0 Å². The molecule has 1 N–H and O–H groups in total. The van der Waals surface area contributed by atoms with Crippen LogP contribution < -0.4 is 9.80 Å². The molecule has 9 nitrogen and oxygen atoms in total. The molecule has 126 valence electrons. The van der Waals surface area contributed by atoms with E-state index >= 15 is 0 Å². The SMILES string of the molecule is c1ccc2[nH]c(N3CCCN(c4ccc5nnnn5n4)CC3)nc2c1. The highest BCUT2D eigenvalue weighted by molar-refractivity contribution is 5.77. The quantitative estimate of drug-likeness (QED) is 0.587. The average molecular weight is 335 g/mol. The van der Waals surface area contributed by atoms with Crippen LogP contribution in [-0.2, 0) is 0 Å². The maximum Gasteiger partial charge on any atom is 0.203 e. The number of aromatic nitrogens is 7. The van der Waals surface area contributed by atoms with Crippen LogP contribution in [0.25, 0.3) is 16.7 Å². The smallest absolute Gasteiger partial charge is 0.203 e. The van der Waals surface area contributed by atoms with Crippen molar-refractivity contribution >= 4 is 28.4 Å². The highest BCUT2D eigenvalue weighted by Crippen LogP contribution is 2.20. The first kappa shape index (κ1) is 14.1. The van der Waals surface area contributed by atoms with Gasteiger partial charge < -0.3 is 14.8 Å². The molecule has 1 aliphatic rings. The summed E-state index contributed by atoms with van der Waals surface area (Å²) in [7, 11) is 0. The van der Waals surface area contributed by atoms with E-state index in [0.29, 0.717) is 5.65 Å². The molecule has 0 spiro atoms. The third-order valence-electron chi connectivity index (χ3n) is 4.55. The lowest BCUT2D eigenvalue weighted by Crippen LogP contribution is -2.31. The molecular weight excluding hydrogens is 318 g/mol. The molecule has 1 saturated heterocycles. The second kappa shape index (κ2) is 5.69. The van der Waals surface area contributed by atoms with Crippen molar-refractivity contribution in [3.63, 3.8) is 0 Å². The number of hydrogen-bond acceptors (Lipinski definition) is 7. The van der Waals surface area contributed by atoms with Crippen molar-refractivity contribution in [1.29, 1.82) is 0 Å². The van der Waals surface area contributed by atoms with Gasteiger partial charge in [0.15, 0.2) is 11.5 Å². The number of aromatic amines is 1. The predicted molar refractivity (Wildman–Crippen MR) is 93.7 cm³/mol. The molecule has 0 atom stereocenters. The Kier molecular flexibility index (Phi) is 3.22. The predicted octanol–water partition coefficient (Wildman–Crippen LogP) is 1.11. The summed E-state index contributed by atoms with van der Waals surface area (Å²) >= 11 is 0. The number of para-hydroxylation sites is 2. The van der Waals surface area contributed by atoms with Crippen molar-refractivity contribution in [2.45, 2.75) is 6.42 Å². The van der Waals surface area contributed by atoms with E-state index in [4.69, 9.17) is 4.98 Å². The Morgan fingerprint density at radius 1 is 0.920 bits per heavy atom. The lowest BCUT2D eigenvalue weighted by atomic mass is 10.3. The number of rotatable bonds is 2. The van der Waals surface area contributed by atoms with E-state index < -0.39 is 0 Å². The lowest BCUT2D eigenvalue weighted by molar-refractivity contribution is 0.708. The number of anilines is 2. The first-order valence-corrected chi connectivity index (χ1v) is 8.37. The first-order valence-electron chi connectivity index (χ1n) is 8.37. The van der Waals surface area contributed by atoms with Crippen molar-refractivity contribution in [2.24, 2.45) is 0 Å². The van der Waals surface area contributed by atoms with Gasteiger partial charge in [0.25, 0.3) is 0 Å². The Morgan fingerprint density at radius 3 is 2.76 bits per heavy atom. The van der Waals surface area contributed by atoms with E-state index in [0.717, 1.165) is 55.4 Å². The van der Waals surface area contributed by atoms with Crippen LogP contribution in [0.15, 0.2) is 36.4 Å². The fourth-order valence-corrected chi connectivity index (χ4v) is 3.26. The van der Waals surface area contributed by atoms with Gasteiger partial charge in [0.05, 0.1) is 11.0 Å². The minimum absolute atomic E-state index is 0.655. The largest absolute Gasteiger partial charge is 0.353 e. The van der Waals surface area contributed by atoms with Crippen LogP contribution in [-0.4, -0.2) is 61.4 Å². The number of benzene rings is 1. The van der Waals surface area contributed by atoms with E-state index in [-0.39, 0.29) is 0 Å². The molecule has 0 saturated carbocycles. The van der Waals surface area contributed by atoms with Gasteiger partial charge >= 0.3 is 0 Å². The average Bonchev–Trinajstić information content (AvgIpc) is 3.21. The Labute approximate surface area is 143 Å². The Bertz CT molecular complexity index is 977. The van der Waals surface area contributed by atoms with E-state index in [2.05, 4.69) is 41.5 Å². The normalized spacial score (nSPS) is 15.8. The van der Waals surface area contributed by atoms with Gasteiger partial charge in [-0.15, -0.1) is 14.8 Å². The summed E-state index contributed by atoms with van der Waals surface area (Å²) in [6.07, 6.45) is 1.03. The fourth-order valence-electron chi connectivity index (χ4n) is 3.26. The second-order valence-corrected chi connectivity index (χ2v) is 6.12. The molecule has 1 fully saturated rings. The highest BCUT2D eigenvalue weighted by Gasteiger charge is 2.19. The lowest BCUT2D eigenvalue weighted by Gasteiger charge is -2.22. The second-order valence-electron chi connectivity index (χ2n) is 6.12. The molecular formula is C16H17N9. The molecule has 4 aromatic rings. The summed E-state index contributed by atoms with van der Waals surface area (Å²) in [6, 6.07) is 12.0. The van der Waals surface area contributed by atoms with E-state index in [1.807, 2.05) is 30.3 Å². The first-order chi connectivity index (χ1) is 12.4. The number of H-pyrrole nitrogens is 1. The number of nitrogens with zero attached hydrogens (tertiary/aromatic N) is 8. The van der Waals surface area contributed by atoms with Crippen LogP contribution in [0.3, 0.4) is 0 Å². The van der Waals surface area contributed by atoms with Crippen LogP contribution >= 0.6 is 0 Å². The maximum absolute atomic E-state index is 4.72. The standard InChI is InChI=1S/C16H17N9/c1-2-5-13-12(4-1)17-16(18-13)24-9-3-8-23(10-11-24)15-7-6-14-19-21-22-25(14)20-15/h1-2,4-7H,3,8-11H2,(H,17,18). The zero-order valence-electron chi connectivity index (χ0n) is 13.6. The van der Waals surface area contributed by atoms with Gasteiger partial charge in [0, 0.05) is 26.2 Å². The van der Waals surface area contributed by atoms with Crippen LogP contribution in [0.5, 0.6) is 0 Å². The zero-order chi connectivity index (χ0) is 16.6. The van der Waals surface area contributed by atoms with Gasteiger partial charge in [-0.1, -0.05) is 12.1 Å². The molecule has 0 unspecified atom stereocenters. The monoisotopic (exact) mass is 335 g/mol. The molecule has 9 heteroatoms. The minimum atomic E-state index is 0.655. The van der Waals surface area contributed by atoms with E-state index in [1.165, 1.54) is 4.63 Å². The molecule has 1 aromatic carbocycles. The zero-order valence-corrected chi connectivity index (χ0v) is 13.6. The van der Waals surface area contributed by atoms with Crippen LogP contribution in [0.2, 0.25) is 0 Å². The third-order valence-corrected chi connectivity index (χ3v) is 4.55. The number of fused-ring (bicyclic) bond motifs is 2. The van der Waals surface area contributed by atoms with Gasteiger partial charge in [-0.3, -0.25) is 0 Å². The summed E-state index contributed by atoms with van der Waals surface area (Å²) in [5, 5.41) is 15.9. The van der Waals surface area contributed by atoms with Gasteiger partial charge in [0.2, 0.25) is 5.95 Å². The van der Waals surface area contributed by atoms with Gasteiger partial charge in [-0.25, -0.2) is 4.98 Å².